The average molecular weight is 571 g/mol. The van der Waals surface area contributed by atoms with Gasteiger partial charge in [0.05, 0.1) is 23.0 Å². The number of nitrogens with one attached hydrogen (secondary N) is 2. The van der Waals surface area contributed by atoms with Crippen molar-refractivity contribution in [2.24, 2.45) is 7.05 Å². The molecule has 2 unspecified atom stereocenters. The monoisotopic (exact) mass is 569 g/mol. The summed E-state index contributed by atoms with van der Waals surface area (Å²) in [4.78, 5) is 11.5. The van der Waals surface area contributed by atoms with E-state index in [0.717, 1.165) is 62.1 Å². The van der Waals surface area contributed by atoms with E-state index in [1.54, 1.807) is 35.1 Å². The van der Waals surface area contributed by atoms with Gasteiger partial charge in [0, 0.05) is 50.7 Å². The molecule has 1 saturated heterocycles. The zero-order chi connectivity index (χ0) is 25.3. The van der Waals surface area contributed by atoms with Crippen molar-refractivity contribution < 1.29 is 13.2 Å². The molecule has 2 aliphatic heterocycles. The van der Waals surface area contributed by atoms with Crippen molar-refractivity contribution in [3.63, 3.8) is 0 Å². The fourth-order valence-electron chi connectivity index (χ4n) is 4.06. The number of benzene rings is 1. The summed E-state index contributed by atoms with van der Waals surface area (Å²) < 4.78 is 34.8. The quantitative estimate of drug-likeness (QED) is 0.394. The number of alkyl halides is 1. The summed E-state index contributed by atoms with van der Waals surface area (Å²) in [6, 6.07) is 6.98. The molecule has 10 nitrogen and oxygen atoms in total. The maximum absolute atomic E-state index is 12.7. The molecule has 2 aliphatic rings. The van der Waals surface area contributed by atoms with E-state index in [2.05, 4.69) is 30.0 Å². The number of morpholine rings is 1. The summed E-state index contributed by atoms with van der Waals surface area (Å²) >= 11 is 13.2. The first-order valence-corrected chi connectivity index (χ1v) is 14.6. The number of rotatable bonds is 8. The van der Waals surface area contributed by atoms with Gasteiger partial charge in [-0.15, -0.1) is 11.6 Å². The van der Waals surface area contributed by atoms with Gasteiger partial charge in [0.25, 0.3) is 0 Å². The van der Waals surface area contributed by atoms with Gasteiger partial charge in [-0.2, -0.15) is 10.1 Å². The molecule has 1 aromatic carbocycles. The van der Waals surface area contributed by atoms with Gasteiger partial charge in [-0.1, -0.05) is 35.5 Å². The Labute approximate surface area is 223 Å². The second-order valence-electron chi connectivity index (χ2n) is 8.41. The average Bonchev–Trinajstić information content (AvgIpc) is 3.38. The molecule has 14 heteroatoms. The van der Waals surface area contributed by atoms with E-state index in [-0.39, 0.29) is 0 Å². The highest BCUT2D eigenvalue weighted by Gasteiger charge is 2.36. The van der Waals surface area contributed by atoms with Crippen LogP contribution in [0.25, 0.3) is 22.3 Å². The molecular weight excluding hydrogens is 545 g/mol. The predicted octanol–water partition coefficient (Wildman–Crippen LogP) is 3.28. The molecule has 0 radical (unpaired) electrons. The molecule has 0 aliphatic carbocycles. The van der Waals surface area contributed by atoms with E-state index >= 15 is 0 Å². The first kappa shape index (κ1) is 25.6. The third kappa shape index (κ3) is 5.58. The van der Waals surface area contributed by atoms with E-state index in [1.165, 1.54) is 6.08 Å². The lowest BCUT2D eigenvalue weighted by molar-refractivity contribution is 0.0398. The molecule has 3 aromatic rings. The molecule has 0 spiro atoms. The number of sulfonamides is 1. The van der Waals surface area contributed by atoms with Crippen LogP contribution in [0.4, 0.5) is 11.6 Å². The van der Waals surface area contributed by atoms with E-state index in [9.17, 15) is 8.42 Å². The normalized spacial score (nSPS) is 21.0. The van der Waals surface area contributed by atoms with Crippen LogP contribution >= 0.6 is 35.0 Å². The van der Waals surface area contributed by atoms with Gasteiger partial charge < -0.3 is 10.1 Å². The van der Waals surface area contributed by atoms with Gasteiger partial charge in [-0.05, 0) is 18.2 Å². The number of hydrogen-bond donors (Lipinski definition) is 2. The zero-order valence-electron chi connectivity index (χ0n) is 19.4. The second-order valence-corrected chi connectivity index (χ2v) is 12.8. The van der Waals surface area contributed by atoms with Crippen LogP contribution < -0.4 is 10.0 Å². The van der Waals surface area contributed by atoms with E-state index in [4.69, 9.17) is 27.9 Å². The number of ether oxygens (including phenoxy) is 1. The lowest BCUT2D eigenvalue weighted by atomic mass is 10.1. The van der Waals surface area contributed by atoms with Crippen molar-refractivity contribution >= 4 is 67.7 Å². The van der Waals surface area contributed by atoms with Gasteiger partial charge in [-0.3, -0.25) is 9.62 Å². The Hall–Kier alpha value is -2.09. The summed E-state index contributed by atoms with van der Waals surface area (Å²) in [5.41, 5.74) is 2.65. The van der Waals surface area contributed by atoms with E-state index in [1.807, 2.05) is 7.05 Å². The van der Waals surface area contributed by atoms with Crippen LogP contribution in [0.15, 0.2) is 40.9 Å². The smallest absolute Gasteiger partial charge is 0.241 e. The standard InChI is InChI=1S/C22H25Cl2N7O3S2/c1-30-21-16(13-26-22(27-21)25-6-7-31-8-10-34-11-9-31)19(28-30)14-2-4-15(5-3-14)29-36(32,33)17-12-18(23)35-20(17)24/h2-5,12-13,17,20,29H,6-11H2,1H3,(H,25,26,27). The minimum absolute atomic E-state index is 0.375. The molecule has 0 bridgehead atoms. The van der Waals surface area contributed by atoms with Crippen molar-refractivity contribution in [1.29, 1.82) is 0 Å². The Bertz CT molecular complexity index is 1380. The summed E-state index contributed by atoms with van der Waals surface area (Å²) in [7, 11) is -1.91. The van der Waals surface area contributed by atoms with Crippen molar-refractivity contribution in [2.45, 2.75) is 9.96 Å². The lowest BCUT2D eigenvalue weighted by Gasteiger charge is -2.26. The van der Waals surface area contributed by atoms with Gasteiger partial charge in [0.1, 0.15) is 15.7 Å². The molecule has 2 N–H and O–H groups in total. The van der Waals surface area contributed by atoms with Gasteiger partial charge in [-0.25, -0.2) is 18.1 Å². The maximum atomic E-state index is 12.7. The van der Waals surface area contributed by atoms with Crippen molar-refractivity contribution in [2.75, 3.05) is 49.4 Å². The predicted molar refractivity (Wildman–Crippen MR) is 145 cm³/mol. The fraction of sp³-hybridized carbons (Fsp3) is 0.409. The highest BCUT2D eigenvalue weighted by molar-refractivity contribution is 8.08. The molecule has 1 fully saturated rings. The molecule has 192 valence electrons. The first-order chi connectivity index (χ1) is 17.3. The highest BCUT2D eigenvalue weighted by atomic mass is 35.5. The number of aryl methyl sites for hydroxylation is 1. The second kappa shape index (κ2) is 10.7. The van der Waals surface area contributed by atoms with E-state index in [0.29, 0.717) is 27.3 Å². The first-order valence-electron chi connectivity index (χ1n) is 11.3. The summed E-state index contributed by atoms with van der Waals surface area (Å²) in [6.07, 6.45) is 3.21. The van der Waals surface area contributed by atoms with E-state index < -0.39 is 20.0 Å². The van der Waals surface area contributed by atoms with Crippen molar-refractivity contribution in [3.05, 3.63) is 40.9 Å². The van der Waals surface area contributed by atoms with Crippen LogP contribution in [0.5, 0.6) is 0 Å². The summed E-state index contributed by atoms with van der Waals surface area (Å²) in [6.45, 7) is 5.04. The van der Waals surface area contributed by atoms with Gasteiger partial charge in [0.2, 0.25) is 16.0 Å². The molecule has 2 aromatic heterocycles. The molecule has 0 saturated carbocycles. The maximum Gasteiger partial charge on any atom is 0.241 e. The Balaban J connectivity index is 1.28. The summed E-state index contributed by atoms with van der Waals surface area (Å²) in [5.74, 6) is 0.548. The molecule has 36 heavy (non-hydrogen) atoms. The topological polar surface area (TPSA) is 114 Å². The van der Waals surface area contributed by atoms with Crippen LogP contribution in [-0.2, 0) is 21.8 Å². The lowest BCUT2D eigenvalue weighted by Crippen LogP contribution is -2.39. The van der Waals surface area contributed by atoms with Crippen LogP contribution in [0.2, 0.25) is 0 Å². The zero-order valence-corrected chi connectivity index (χ0v) is 22.5. The third-order valence-electron chi connectivity index (χ3n) is 5.95. The molecule has 4 heterocycles. The molecule has 5 rings (SSSR count). The van der Waals surface area contributed by atoms with Crippen LogP contribution in [0.3, 0.4) is 0 Å². The highest BCUT2D eigenvalue weighted by Crippen LogP contribution is 2.40. The van der Waals surface area contributed by atoms with Crippen LogP contribution in [0, 0.1) is 0 Å². The molecule has 0 amide bonds. The number of nitrogens with zero attached hydrogens (tertiary/aromatic N) is 5. The van der Waals surface area contributed by atoms with Crippen molar-refractivity contribution in [1.82, 2.24) is 24.6 Å². The largest absolute Gasteiger partial charge is 0.379 e. The number of halogens is 2. The molecular formula is C22H25Cl2N7O3S2. The summed E-state index contributed by atoms with van der Waals surface area (Å²) in [5, 5.41) is 7.80. The minimum Gasteiger partial charge on any atom is -0.379 e. The van der Waals surface area contributed by atoms with Crippen molar-refractivity contribution in [3.8, 4) is 11.3 Å². The number of fused-ring (bicyclic) bond motifs is 1. The SMILES string of the molecule is Cn1nc(-c2ccc(NS(=O)(=O)C3C=C(Cl)SC3Cl)cc2)c2cnc(NCCN3CCOCC3)nc21. The minimum atomic E-state index is -3.74. The Morgan fingerprint density at radius 2 is 1.97 bits per heavy atom. The number of thioether (sulfide) groups is 1. The van der Waals surface area contributed by atoms with Gasteiger partial charge in [0.15, 0.2) is 5.65 Å². The number of anilines is 2. The van der Waals surface area contributed by atoms with Crippen LogP contribution in [-0.4, -0.2) is 82.4 Å². The fourth-order valence-corrected chi connectivity index (χ4v) is 8.01. The van der Waals surface area contributed by atoms with Gasteiger partial charge >= 0.3 is 0 Å². The number of aromatic nitrogens is 4. The van der Waals surface area contributed by atoms with Crippen LogP contribution in [0.1, 0.15) is 0 Å². The Kier molecular flexibility index (Phi) is 7.61. The molecule has 2 atom stereocenters. The Morgan fingerprint density at radius 1 is 1.22 bits per heavy atom. The Morgan fingerprint density at radius 3 is 2.67 bits per heavy atom. The third-order valence-corrected chi connectivity index (χ3v) is 9.73. The number of hydrogen-bond acceptors (Lipinski definition) is 9.